The van der Waals surface area contributed by atoms with Gasteiger partial charge in [-0.3, -0.25) is 0 Å². The summed E-state index contributed by atoms with van der Waals surface area (Å²) in [5, 5.41) is 3.59. The van der Waals surface area contributed by atoms with Crippen LogP contribution in [0.1, 0.15) is 43.2 Å². The van der Waals surface area contributed by atoms with E-state index >= 15 is 0 Å². The molecule has 0 spiro atoms. The molecule has 0 saturated heterocycles. The Hall–Kier alpha value is -0.860. The summed E-state index contributed by atoms with van der Waals surface area (Å²) in [7, 11) is 1.76. The van der Waals surface area contributed by atoms with Gasteiger partial charge in [0.15, 0.2) is 0 Å². The molecule has 0 bridgehead atoms. The van der Waals surface area contributed by atoms with Crippen molar-refractivity contribution in [3.63, 3.8) is 0 Å². The van der Waals surface area contributed by atoms with E-state index in [4.69, 9.17) is 4.74 Å². The molecule has 0 amide bonds. The number of nitrogens with one attached hydrogen (secondary N) is 1. The van der Waals surface area contributed by atoms with Crippen molar-refractivity contribution < 1.29 is 4.74 Å². The van der Waals surface area contributed by atoms with Gasteiger partial charge in [0.1, 0.15) is 0 Å². The molecule has 0 aromatic heterocycles. The van der Waals surface area contributed by atoms with Crippen molar-refractivity contribution >= 4 is 0 Å². The average Bonchev–Trinajstić information content (AvgIpc) is 2.45. The first-order chi connectivity index (χ1) is 9.27. The summed E-state index contributed by atoms with van der Waals surface area (Å²) in [6.45, 7) is 5.02. The van der Waals surface area contributed by atoms with Gasteiger partial charge in [-0.2, -0.15) is 0 Å². The molecule has 1 aromatic rings. The van der Waals surface area contributed by atoms with Crippen LogP contribution in [0.5, 0.6) is 0 Å². The highest BCUT2D eigenvalue weighted by molar-refractivity contribution is 5.30. The number of rotatable bonds is 6. The first-order valence-electron chi connectivity index (χ1n) is 7.54. The van der Waals surface area contributed by atoms with Crippen LogP contribution in [0.2, 0.25) is 0 Å². The van der Waals surface area contributed by atoms with E-state index in [0.29, 0.717) is 5.41 Å². The highest BCUT2D eigenvalue weighted by atomic mass is 16.5. The molecule has 0 unspecified atom stereocenters. The van der Waals surface area contributed by atoms with Gasteiger partial charge in [0, 0.05) is 25.6 Å². The molecule has 1 saturated carbocycles. The van der Waals surface area contributed by atoms with Crippen LogP contribution in [-0.2, 0) is 10.2 Å². The molecule has 1 fully saturated rings. The molecule has 19 heavy (non-hydrogen) atoms. The fourth-order valence-corrected chi connectivity index (χ4v) is 3.27. The standard InChI is InChI=1S/C17H27NO/c1-15-7-6-8-16(13-15)17(9-4-3-5-10-17)14-18-11-12-19-2/h6-8,13,18H,3-5,9-12,14H2,1-2H3. The minimum Gasteiger partial charge on any atom is -0.383 e. The van der Waals surface area contributed by atoms with Crippen molar-refractivity contribution in [1.29, 1.82) is 0 Å². The van der Waals surface area contributed by atoms with Crippen LogP contribution in [0.25, 0.3) is 0 Å². The maximum atomic E-state index is 5.13. The summed E-state index contributed by atoms with van der Waals surface area (Å²) in [4.78, 5) is 0. The van der Waals surface area contributed by atoms with Gasteiger partial charge in [0.2, 0.25) is 0 Å². The number of aryl methyl sites for hydroxylation is 1. The molecular weight excluding hydrogens is 234 g/mol. The quantitative estimate of drug-likeness (QED) is 0.792. The van der Waals surface area contributed by atoms with Gasteiger partial charge in [0.25, 0.3) is 0 Å². The number of hydrogen-bond acceptors (Lipinski definition) is 2. The third-order valence-corrected chi connectivity index (χ3v) is 4.39. The lowest BCUT2D eigenvalue weighted by Gasteiger charge is -2.38. The van der Waals surface area contributed by atoms with E-state index in [9.17, 15) is 0 Å². The maximum Gasteiger partial charge on any atom is 0.0587 e. The van der Waals surface area contributed by atoms with Crippen molar-refractivity contribution in [2.75, 3.05) is 26.8 Å². The molecule has 0 atom stereocenters. The van der Waals surface area contributed by atoms with Crippen LogP contribution >= 0.6 is 0 Å². The Balaban J connectivity index is 2.09. The van der Waals surface area contributed by atoms with Crippen molar-refractivity contribution in [3.05, 3.63) is 35.4 Å². The molecule has 1 N–H and O–H groups in total. The monoisotopic (exact) mass is 261 g/mol. The number of methoxy groups -OCH3 is 1. The molecule has 1 aliphatic carbocycles. The minimum absolute atomic E-state index is 0.345. The lowest BCUT2D eigenvalue weighted by atomic mass is 9.69. The topological polar surface area (TPSA) is 21.3 Å². The van der Waals surface area contributed by atoms with Gasteiger partial charge in [-0.25, -0.2) is 0 Å². The van der Waals surface area contributed by atoms with Gasteiger partial charge >= 0.3 is 0 Å². The Morgan fingerprint density at radius 3 is 2.68 bits per heavy atom. The van der Waals surface area contributed by atoms with Crippen molar-refractivity contribution in [2.45, 2.75) is 44.4 Å². The van der Waals surface area contributed by atoms with E-state index in [-0.39, 0.29) is 0 Å². The molecule has 0 aliphatic heterocycles. The van der Waals surface area contributed by atoms with Gasteiger partial charge < -0.3 is 10.1 Å². The summed E-state index contributed by atoms with van der Waals surface area (Å²) in [5.74, 6) is 0. The average molecular weight is 261 g/mol. The molecule has 2 heteroatoms. The van der Waals surface area contributed by atoms with Gasteiger partial charge in [-0.15, -0.1) is 0 Å². The van der Waals surface area contributed by atoms with Gasteiger partial charge in [0.05, 0.1) is 6.61 Å². The molecule has 1 aliphatic rings. The second kappa shape index (κ2) is 7.06. The first-order valence-corrected chi connectivity index (χ1v) is 7.54. The number of benzene rings is 1. The predicted octanol–water partition coefficient (Wildman–Crippen LogP) is 3.43. The molecular formula is C17H27NO. The molecule has 0 radical (unpaired) electrons. The van der Waals surface area contributed by atoms with E-state index in [0.717, 1.165) is 19.7 Å². The summed E-state index contributed by atoms with van der Waals surface area (Å²) in [5.41, 5.74) is 3.24. The Labute approximate surface area is 117 Å². The minimum atomic E-state index is 0.345. The van der Waals surface area contributed by atoms with Gasteiger partial charge in [-0.1, -0.05) is 49.1 Å². The van der Waals surface area contributed by atoms with E-state index in [1.807, 2.05) is 0 Å². The van der Waals surface area contributed by atoms with E-state index < -0.39 is 0 Å². The fourth-order valence-electron chi connectivity index (χ4n) is 3.27. The van der Waals surface area contributed by atoms with E-state index in [1.54, 1.807) is 7.11 Å². The molecule has 2 rings (SSSR count). The summed E-state index contributed by atoms with van der Waals surface area (Å²) in [6, 6.07) is 9.09. The summed E-state index contributed by atoms with van der Waals surface area (Å²) in [6.07, 6.45) is 6.75. The third kappa shape index (κ3) is 3.80. The van der Waals surface area contributed by atoms with Crippen LogP contribution in [0.15, 0.2) is 24.3 Å². The second-order valence-electron chi connectivity index (χ2n) is 5.88. The van der Waals surface area contributed by atoms with Crippen LogP contribution in [-0.4, -0.2) is 26.8 Å². The Bertz CT molecular complexity index is 383. The highest BCUT2D eigenvalue weighted by Gasteiger charge is 2.33. The zero-order valence-corrected chi connectivity index (χ0v) is 12.4. The van der Waals surface area contributed by atoms with Crippen LogP contribution in [0, 0.1) is 6.92 Å². The lowest BCUT2D eigenvalue weighted by Crippen LogP contribution is -2.41. The fraction of sp³-hybridized carbons (Fsp3) is 0.647. The zero-order chi connectivity index (χ0) is 13.6. The Morgan fingerprint density at radius 1 is 1.21 bits per heavy atom. The predicted molar refractivity (Wildman–Crippen MR) is 80.7 cm³/mol. The first kappa shape index (κ1) is 14.5. The number of ether oxygens (including phenoxy) is 1. The largest absolute Gasteiger partial charge is 0.383 e. The zero-order valence-electron chi connectivity index (χ0n) is 12.4. The molecule has 0 heterocycles. The summed E-state index contributed by atoms with van der Waals surface area (Å²) >= 11 is 0. The van der Waals surface area contributed by atoms with E-state index in [1.165, 1.54) is 43.2 Å². The maximum absolute atomic E-state index is 5.13. The number of hydrogen-bond donors (Lipinski definition) is 1. The van der Waals surface area contributed by atoms with Crippen molar-refractivity contribution in [3.8, 4) is 0 Å². The lowest BCUT2D eigenvalue weighted by molar-refractivity contribution is 0.192. The third-order valence-electron chi connectivity index (χ3n) is 4.39. The Kier molecular flexibility index (Phi) is 5.41. The molecule has 106 valence electrons. The molecule has 1 aromatic carbocycles. The smallest absolute Gasteiger partial charge is 0.0587 e. The normalized spacial score (nSPS) is 18.4. The Morgan fingerprint density at radius 2 is 2.00 bits per heavy atom. The van der Waals surface area contributed by atoms with Crippen molar-refractivity contribution in [2.24, 2.45) is 0 Å². The van der Waals surface area contributed by atoms with E-state index in [2.05, 4.69) is 36.5 Å². The van der Waals surface area contributed by atoms with Crippen LogP contribution in [0.4, 0.5) is 0 Å². The van der Waals surface area contributed by atoms with Crippen LogP contribution in [0.3, 0.4) is 0 Å². The molecule has 2 nitrogen and oxygen atoms in total. The van der Waals surface area contributed by atoms with Crippen LogP contribution < -0.4 is 5.32 Å². The second-order valence-corrected chi connectivity index (χ2v) is 5.88. The highest BCUT2D eigenvalue weighted by Crippen LogP contribution is 2.39. The SMILES string of the molecule is COCCNCC1(c2cccc(C)c2)CCCCC1. The van der Waals surface area contributed by atoms with Gasteiger partial charge in [-0.05, 0) is 25.3 Å². The van der Waals surface area contributed by atoms with Crippen molar-refractivity contribution in [1.82, 2.24) is 5.32 Å². The summed E-state index contributed by atoms with van der Waals surface area (Å²) < 4.78 is 5.13.